The number of nitrogens with one attached hydrogen (secondary N) is 1. The lowest BCUT2D eigenvalue weighted by Gasteiger charge is -2.22. The number of rotatable bonds is 6. The maximum absolute atomic E-state index is 12.9. The van der Waals surface area contributed by atoms with E-state index in [1.807, 2.05) is 32.0 Å². The Hall–Kier alpha value is -3.42. The van der Waals surface area contributed by atoms with E-state index < -0.39 is 5.92 Å². The lowest BCUT2D eigenvalue weighted by Crippen LogP contribution is -2.32. The van der Waals surface area contributed by atoms with Crippen LogP contribution in [-0.4, -0.2) is 44.3 Å². The van der Waals surface area contributed by atoms with Gasteiger partial charge in [-0.1, -0.05) is 0 Å². The molecule has 174 valence electrons. The van der Waals surface area contributed by atoms with E-state index in [4.69, 9.17) is 18.9 Å². The minimum atomic E-state index is -0.424. The molecule has 8 heteroatoms. The Morgan fingerprint density at radius 2 is 1.94 bits per heavy atom. The standard InChI is InChI=1S/C25H28N2O6/c1-3-30-21-9-16-8-15(2)33-22(16)10-17(21)13-26-25(29)18-11-24(28)27(14-18)19-4-5-20-23(12-19)32-7-6-31-20/h4-5,9-10,12,15,18H,3,6-8,11,13-14H2,1-2H3,(H,26,29)/t15-,18-/m1/s1. The summed E-state index contributed by atoms with van der Waals surface area (Å²) in [6.45, 7) is 6.14. The molecular weight excluding hydrogens is 424 g/mol. The summed E-state index contributed by atoms with van der Waals surface area (Å²) in [4.78, 5) is 27.2. The number of nitrogens with zero attached hydrogens (tertiary/aromatic N) is 1. The average Bonchev–Trinajstić information content (AvgIpc) is 3.38. The van der Waals surface area contributed by atoms with Crippen LogP contribution in [0.25, 0.3) is 0 Å². The van der Waals surface area contributed by atoms with Crippen molar-refractivity contribution in [3.63, 3.8) is 0 Å². The number of ether oxygens (including phenoxy) is 4. The van der Waals surface area contributed by atoms with Crippen molar-refractivity contribution in [2.75, 3.05) is 31.3 Å². The van der Waals surface area contributed by atoms with Crippen molar-refractivity contribution in [1.29, 1.82) is 0 Å². The zero-order valence-electron chi connectivity index (χ0n) is 18.9. The molecule has 3 aliphatic rings. The van der Waals surface area contributed by atoms with Crippen LogP contribution in [-0.2, 0) is 22.6 Å². The van der Waals surface area contributed by atoms with Crippen molar-refractivity contribution < 1.29 is 28.5 Å². The highest BCUT2D eigenvalue weighted by Gasteiger charge is 2.35. The van der Waals surface area contributed by atoms with Gasteiger partial charge in [0.15, 0.2) is 11.5 Å². The van der Waals surface area contributed by atoms with Gasteiger partial charge < -0.3 is 29.2 Å². The lowest BCUT2D eigenvalue weighted by atomic mass is 10.1. The fourth-order valence-electron chi connectivity index (χ4n) is 4.57. The number of hydrogen-bond donors (Lipinski definition) is 1. The van der Waals surface area contributed by atoms with Crippen LogP contribution in [0.1, 0.15) is 31.4 Å². The zero-order chi connectivity index (χ0) is 22.9. The van der Waals surface area contributed by atoms with Crippen LogP contribution < -0.4 is 29.2 Å². The van der Waals surface area contributed by atoms with Crippen molar-refractivity contribution in [1.82, 2.24) is 5.32 Å². The van der Waals surface area contributed by atoms with E-state index in [9.17, 15) is 9.59 Å². The third kappa shape index (κ3) is 4.29. The van der Waals surface area contributed by atoms with Gasteiger partial charge in [-0.15, -0.1) is 0 Å². The molecule has 0 bridgehead atoms. The molecule has 0 aliphatic carbocycles. The summed E-state index contributed by atoms with van der Waals surface area (Å²) in [6, 6.07) is 9.38. The van der Waals surface area contributed by atoms with Gasteiger partial charge in [0.25, 0.3) is 0 Å². The lowest BCUT2D eigenvalue weighted by molar-refractivity contribution is -0.126. The second-order valence-electron chi connectivity index (χ2n) is 8.58. The maximum atomic E-state index is 12.9. The van der Waals surface area contributed by atoms with Crippen molar-refractivity contribution in [2.45, 2.75) is 39.3 Å². The second kappa shape index (κ2) is 8.84. The molecular formula is C25H28N2O6. The molecule has 33 heavy (non-hydrogen) atoms. The van der Waals surface area contributed by atoms with Gasteiger partial charge in [0, 0.05) is 48.8 Å². The molecule has 3 aliphatic heterocycles. The summed E-state index contributed by atoms with van der Waals surface area (Å²) in [5, 5.41) is 2.99. The van der Waals surface area contributed by atoms with Crippen molar-refractivity contribution >= 4 is 17.5 Å². The van der Waals surface area contributed by atoms with Crippen LogP contribution in [0, 0.1) is 5.92 Å². The molecule has 3 heterocycles. The highest BCUT2D eigenvalue weighted by Crippen LogP contribution is 2.37. The van der Waals surface area contributed by atoms with E-state index in [2.05, 4.69) is 5.32 Å². The Bertz CT molecular complexity index is 1080. The van der Waals surface area contributed by atoms with E-state index in [0.717, 1.165) is 29.0 Å². The molecule has 2 amide bonds. The number of hydrogen-bond acceptors (Lipinski definition) is 6. The van der Waals surface area contributed by atoms with Crippen LogP contribution in [0.4, 0.5) is 5.69 Å². The molecule has 0 spiro atoms. The highest BCUT2D eigenvalue weighted by atomic mass is 16.6. The predicted molar refractivity (Wildman–Crippen MR) is 121 cm³/mol. The topological polar surface area (TPSA) is 86.3 Å². The number of carbonyl (C=O) groups is 2. The Balaban J connectivity index is 1.25. The number of benzene rings is 2. The first kappa shape index (κ1) is 21.4. The third-order valence-electron chi connectivity index (χ3n) is 6.17. The van der Waals surface area contributed by atoms with Gasteiger partial charge in [-0.2, -0.15) is 0 Å². The average molecular weight is 453 g/mol. The molecule has 0 radical (unpaired) electrons. The van der Waals surface area contributed by atoms with Crippen LogP contribution >= 0.6 is 0 Å². The molecule has 2 aromatic carbocycles. The van der Waals surface area contributed by atoms with Gasteiger partial charge in [0.2, 0.25) is 11.8 Å². The SMILES string of the molecule is CCOc1cc2c(cc1CNC(=O)[C@@H]1CC(=O)N(c3ccc4c(c3)OCCO4)C1)O[C@H](C)C2. The Kier molecular flexibility index (Phi) is 5.74. The molecule has 0 saturated carbocycles. The first-order chi connectivity index (χ1) is 16.0. The summed E-state index contributed by atoms with van der Waals surface area (Å²) in [7, 11) is 0. The van der Waals surface area contributed by atoms with Crippen LogP contribution in [0.15, 0.2) is 30.3 Å². The van der Waals surface area contributed by atoms with E-state index in [1.54, 1.807) is 17.0 Å². The Morgan fingerprint density at radius 1 is 1.12 bits per heavy atom. The van der Waals surface area contributed by atoms with Gasteiger partial charge in [0.05, 0.1) is 12.5 Å². The number of amides is 2. The highest BCUT2D eigenvalue weighted by molar-refractivity contribution is 6.00. The van der Waals surface area contributed by atoms with Gasteiger partial charge in [0.1, 0.15) is 30.8 Å². The van der Waals surface area contributed by atoms with E-state index in [1.165, 1.54) is 0 Å². The fraction of sp³-hybridized carbons (Fsp3) is 0.440. The van der Waals surface area contributed by atoms with E-state index >= 15 is 0 Å². The summed E-state index contributed by atoms with van der Waals surface area (Å²) >= 11 is 0. The number of anilines is 1. The maximum Gasteiger partial charge on any atom is 0.227 e. The minimum Gasteiger partial charge on any atom is -0.494 e. The van der Waals surface area contributed by atoms with Crippen molar-refractivity contribution in [3.8, 4) is 23.0 Å². The molecule has 2 atom stereocenters. The van der Waals surface area contributed by atoms with Gasteiger partial charge in [-0.25, -0.2) is 0 Å². The van der Waals surface area contributed by atoms with E-state index in [-0.39, 0.29) is 24.3 Å². The second-order valence-corrected chi connectivity index (χ2v) is 8.58. The smallest absolute Gasteiger partial charge is 0.227 e. The molecule has 2 aromatic rings. The van der Waals surface area contributed by atoms with Crippen LogP contribution in [0.5, 0.6) is 23.0 Å². The van der Waals surface area contributed by atoms with Gasteiger partial charge in [-0.3, -0.25) is 9.59 Å². The molecule has 0 aromatic heterocycles. The van der Waals surface area contributed by atoms with Gasteiger partial charge >= 0.3 is 0 Å². The van der Waals surface area contributed by atoms with Crippen LogP contribution in [0.3, 0.4) is 0 Å². The summed E-state index contributed by atoms with van der Waals surface area (Å²) in [5.74, 6) is 2.24. The molecule has 1 fully saturated rings. The monoisotopic (exact) mass is 452 g/mol. The normalized spacial score (nSPS) is 20.9. The molecule has 1 saturated heterocycles. The first-order valence-electron chi connectivity index (χ1n) is 11.4. The molecule has 1 N–H and O–H groups in total. The molecule has 5 rings (SSSR count). The third-order valence-corrected chi connectivity index (χ3v) is 6.17. The first-order valence-corrected chi connectivity index (χ1v) is 11.4. The Morgan fingerprint density at radius 3 is 2.76 bits per heavy atom. The summed E-state index contributed by atoms with van der Waals surface area (Å²) in [6.07, 6.45) is 1.15. The predicted octanol–water partition coefficient (Wildman–Crippen LogP) is 2.85. The number of carbonyl (C=O) groups excluding carboxylic acids is 2. The minimum absolute atomic E-state index is 0.0817. The number of fused-ring (bicyclic) bond motifs is 2. The van der Waals surface area contributed by atoms with E-state index in [0.29, 0.717) is 50.1 Å². The fourth-order valence-corrected chi connectivity index (χ4v) is 4.57. The molecule has 8 nitrogen and oxygen atoms in total. The largest absolute Gasteiger partial charge is 0.494 e. The van der Waals surface area contributed by atoms with Gasteiger partial charge in [-0.05, 0) is 38.1 Å². The quantitative estimate of drug-likeness (QED) is 0.726. The summed E-state index contributed by atoms with van der Waals surface area (Å²) in [5.41, 5.74) is 2.70. The zero-order valence-corrected chi connectivity index (χ0v) is 18.9. The molecule has 0 unspecified atom stereocenters. The van der Waals surface area contributed by atoms with Crippen LogP contribution in [0.2, 0.25) is 0 Å². The van der Waals surface area contributed by atoms with Crippen molar-refractivity contribution in [2.24, 2.45) is 5.92 Å². The summed E-state index contributed by atoms with van der Waals surface area (Å²) < 4.78 is 22.8. The van der Waals surface area contributed by atoms with Crippen molar-refractivity contribution in [3.05, 3.63) is 41.5 Å². The Labute approximate surface area is 192 Å².